The Balaban J connectivity index is 1.89. The van der Waals surface area contributed by atoms with Gasteiger partial charge in [-0.15, -0.1) is 0 Å². The molecule has 1 amide bonds. The number of fused-ring (bicyclic) bond motifs is 1. The minimum Gasteiger partial charge on any atom is -0.321 e. The molecular weight excluding hydrogens is 330 g/mol. The molecule has 0 aliphatic rings. The predicted octanol–water partition coefficient (Wildman–Crippen LogP) is 4.87. The lowest BCUT2D eigenvalue weighted by Gasteiger charge is -2.08. The van der Waals surface area contributed by atoms with Gasteiger partial charge in [-0.05, 0) is 60.7 Å². The molecule has 0 saturated carbocycles. The number of nitrogens with one attached hydrogen (secondary N) is 1. The number of nitrogens with zero attached hydrogens (tertiary/aromatic N) is 2. The molecule has 112 valence electrons. The number of thiocarbonyl (C=S) groups is 1. The number of aliphatic imine (C=N–C) groups is 1. The van der Waals surface area contributed by atoms with Crippen molar-refractivity contribution in [3.8, 4) is 0 Å². The van der Waals surface area contributed by atoms with Crippen LogP contribution in [0.4, 0.5) is 11.4 Å². The van der Waals surface area contributed by atoms with Crippen LogP contribution < -0.4 is 5.32 Å². The average Bonchev–Trinajstić information content (AvgIpc) is 2.55. The predicted molar refractivity (Wildman–Crippen MR) is 95.8 cm³/mol. The second kappa shape index (κ2) is 6.67. The Kier molecular flexibility index (Phi) is 4.44. The molecule has 0 aliphatic heterocycles. The third kappa shape index (κ3) is 3.43. The summed E-state index contributed by atoms with van der Waals surface area (Å²) in [6, 6.07) is 13.9. The van der Waals surface area contributed by atoms with Crippen LogP contribution in [0, 0.1) is 0 Å². The Bertz CT molecular complexity index is 934. The quantitative estimate of drug-likeness (QED) is 0.547. The molecule has 0 atom stereocenters. The van der Waals surface area contributed by atoms with Gasteiger partial charge in [0.25, 0.3) is 5.91 Å². The van der Waals surface area contributed by atoms with Gasteiger partial charge in [-0.25, -0.2) is 0 Å². The molecule has 0 radical (unpaired) electrons. The van der Waals surface area contributed by atoms with Crippen molar-refractivity contribution < 1.29 is 4.79 Å². The van der Waals surface area contributed by atoms with Crippen LogP contribution in [0.15, 0.2) is 59.7 Å². The number of hydrogen-bond donors (Lipinski definition) is 1. The van der Waals surface area contributed by atoms with Crippen LogP contribution in [0.5, 0.6) is 0 Å². The summed E-state index contributed by atoms with van der Waals surface area (Å²) in [4.78, 5) is 20.5. The first-order valence-electron chi connectivity index (χ1n) is 6.71. The summed E-state index contributed by atoms with van der Waals surface area (Å²) in [7, 11) is 0. The van der Waals surface area contributed by atoms with E-state index < -0.39 is 0 Å². The van der Waals surface area contributed by atoms with Crippen molar-refractivity contribution in [1.29, 1.82) is 0 Å². The Morgan fingerprint density at radius 2 is 1.96 bits per heavy atom. The minimum absolute atomic E-state index is 0.217. The maximum absolute atomic E-state index is 12.4. The van der Waals surface area contributed by atoms with Gasteiger partial charge in [-0.2, -0.15) is 4.99 Å². The molecule has 0 fully saturated rings. The fraction of sp³-hybridized carbons (Fsp3) is 0. The van der Waals surface area contributed by atoms with Gasteiger partial charge in [0.15, 0.2) is 0 Å². The number of aromatic nitrogens is 1. The van der Waals surface area contributed by atoms with E-state index in [4.69, 9.17) is 11.6 Å². The van der Waals surface area contributed by atoms with Gasteiger partial charge in [0.2, 0.25) is 0 Å². The fourth-order valence-electron chi connectivity index (χ4n) is 2.16. The van der Waals surface area contributed by atoms with Gasteiger partial charge < -0.3 is 5.32 Å². The van der Waals surface area contributed by atoms with Crippen molar-refractivity contribution in [1.82, 2.24) is 4.98 Å². The van der Waals surface area contributed by atoms with Crippen LogP contribution in [0.25, 0.3) is 10.9 Å². The second-order valence-electron chi connectivity index (χ2n) is 4.72. The summed E-state index contributed by atoms with van der Waals surface area (Å²) < 4.78 is 0. The molecule has 1 N–H and O–H groups in total. The van der Waals surface area contributed by atoms with E-state index in [-0.39, 0.29) is 5.91 Å². The van der Waals surface area contributed by atoms with E-state index in [1.807, 2.05) is 6.07 Å². The normalized spacial score (nSPS) is 10.1. The highest BCUT2D eigenvalue weighted by atomic mass is 35.5. The molecule has 6 heteroatoms. The zero-order valence-corrected chi connectivity index (χ0v) is 13.4. The van der Waals surface area contributed by atoms with Crippen LogP contribution >= 0.6 is 23.8 Å². The molecule has 3 aromatic rings. The van der Waals surface area contributed by atoms with Crippen molar-refractivity contribution in [3.05, 3.63) is 65.3 Å². The highest BCUT2D eigenvalue weighted by molar-refractivity contribution is 7.78. The lowest BCUT2D eigenvalue weighted by Crippen LogP contribution is -2.12. The molecule has 4 nitrogen and oxygen atoms in total. The van der Waals surface area contributed by atoms with E-state index in [0.29, 0.717) is 22.0 Å². The first kappa shape index (κ1) is 15.3. The van der Waals surface area contributed by atoms with Crippen LogP contribution in [-0.4, -0.2) is 16.1 Å². The van der Waals surface area contributed by atoms with Crippen molar-refractivity contribution in [2.75, 3.05) is 5.32 Å². The monoisotopic (exact) mass is 339 g/mol. The molecule has 3 rings (SSSR count). The van der Waals surface area contributed by atoms with Gasteiger partial charge >= 0.3 is 0 Å². The lowest BCUT2D eigenvalue weighted by atomic mass is 10.1. The highest BCUT2D eigenvalue weighted by Gasteiger charge is 2.09. The third-order valence-electron chi connectivity index (χ3n) is 3.26. The van der Waals surface area contributed by atoms with Crippen LogP contribution in [0.2, 0.25) is 5.02 Å². The molecule has 0 bridgehead atoms. The largest absolute Gasteiger partial charge is 0.321 e. The molecule has 0 spiro atoms. The number of pyridine rings is 1. The standard InChI is InChI=1S/C17H10ClN3OS/c18-12-3-6-14-15(7-8-19-16(14)9-12)21-17(22)11-1-4-13(5-2-11)20-10-23/h1-9H,(H,19,21,22). The Labute approximate surface area is 142 Å². The van der Waals surface area contributed by atoms with Crippen molar-refractivity contribution in [2.24, 2.45) is 4.99 Å². The molecule has 1 aromatic heterocycles. The molecule has 0 aliphatic carbocycles. The van der Waals surface area contributed by atoms with Crippen molar-refractivity contribution in [3.63, 3.8) is 0 Å². The van der Waals surface area contributed by atoms with Gasteiger partial charge in [0, 0.05) is 22.2 Å². The van der Waals surface area contributed by atoms with Gasteiger partial charge in [-0.1, -0.05) is 11.6 Å². The van der Waals surface area contributed by atoms with E-state index >= 15 is 0 Å². The molecule has 0 saturated heterocycles. The smallest absolute Gasteiger partial charge is 0.255 e. The molecular formula is C17H10ClN3OS. The molecule has 23 heavy (non-hydrogen) atoms. The molecule has 0 unspecified atom stereocenters. The zero-order valence-electron chi connectivity index (χ0n) is 11.8. The Morgan fingerprint density at radius 3 is 2.70 bits per heavy atom. The van der Waals surface area contributed by atoms with E-state index in [9.17, 15) is 4.79 Å². The molecule has 2 aromatic carbocycles. The number of carbonyl (C=O) groups excluding carboxylic acids is 1. The fourth-order valence-corrected chi connectivity index (χ4v) is 2.44. The summed E-state index contributed by atoms with van der Waals surface area (Å²) in [6.07, 6.45) is 1.63. The summed E-state index contributed by atoms with van der Waals surface area (Å²) >= 11 is 10.5. The molecule has 1 heterocycles. The summed E-state index contributed by atoms with van der Waals surface area (Å²) in [5, 5.41) is 6.60. The topological polar surface area (TPSA) is 54.4 Å². The number of benzene rings is 2. The number of amides is 1. The Morgan fingerprint density at radius 1 is 1.17 bits per heavy atom. The van der Waals surface area contributed by atoms with Crippen LogP contribution in [-0.2, 0) is 0 Å². The van der Waals surface area contributed by atoms with Gasteiger partial charge in [-0.3, -0.25) is 9.78 Å². The van der Waals surface area contributed by atoms with E-state index in [1.165, 1.54) is 0 Å². The average molecular weight is 340 g/mol. The summed E-state index contributed by atoms with van der Waals surface area (Å²) in [6.45, 7) is 0. The minimum atomic E-state index is -0.217. The van der Waals surface area contributed by atoms with Gasteiger partial charge in [0.1, 0.15) is 0 Å². The summed E-state index contributed by atoms with van der Waals surface area (Å²) in [5.74, 6) is -0.217. The van der Waals surface area contributed by atoms with Crippen LogP contribution in [0.3, 0.4) is 0 Å². The Hall–Kier alpha value is -2.59. The lowest BCUT2D eigenvalue weighted by molar-refractivity contribution is 0.102. The maximum Gasteiger partial charge on any atom is 0.255 e. The van der Waals surface area contributed by atoms with Gasteiger partial charge in [0.05, 0.1) is 22.1 Å². The van der Waals surface area contributed by atoms with Crippen molar-refractivity contribution >= 4 is 57.2 Å². The zero-order chi connectivity index (χ0) is 16.2. The van der Waals surface area contributed by atoms with E-state index in [1.54, 1.807) is 48.7 Å². The number of hydrogen-bond acceptors (Lipinski definition) is 4. The first-order valence-corrected chi connectivity index (χ1v) is 7.49. The number of isothiocyanates is 1. The number of halogens is 1. The first-order chi connectivity index (χ1) is 11.2. The number of rotatable bonds is 3. The van der Waals surface area contributed by atoms with E-state index in [0.717, 1.165) is 10.9 Å². The number of carbonyl (C=O) groups is 1. The van der Waals surface area contributed by atoms with Crippen LogP contribution in [0.1, 0.15) is 10.4 Å². The van der Waals surface area contributed by atoms with Crippen molar-refractivity contribution in [2.45, 2.75) is 0 Å². The summed E-state index contributed by atoms with van der Waals surface area (Å²) in [5.41, 5.74) is 2.58. The SMILES string of the molecule is O=C(Nc1ccnc2cc(Cl)ccc12)c1ccc(N=C=S)cc1. The van der Waals surface area contributed by atoms with E-state index in [2.05, 4.69) is 32.7 Å². The second-order valence-corrected chi connectivity index (χ2v) is 5.34. The highest BCUT2D eigenvalue weighted by Crippen LogP contribution is 2.25. The number of anilines is 1. The maximum atomic E-state index is 12.4. The third-order valence-corrected chi connectivity index (χ3v) is 3.58.